The third kappa shape index (κ3) is 6.66. The van der Waals surface area contributed by atoms with Crippen LogP contribution in [0.15, 0.2) is 29.0 Å². The Kier molecular flexibility index (Phi) is 8.57. The lowest BCUT2D eigenvalue weighted by molar-refractivity contribution is -0.140. The number of rotatable bonds is 11. The molecule has 0 aromatic carbocycles. The van der Waals surface area contributed by atoms with Crippen molar-refractivity contribution in [3.63, 3.8) is 0 Å². The first kappa shape index (κ1) is 24.4. The maximum absolute atomic E-state index is 11.6. The van der Waals surface area contributed by atoms with E-state index >= 15 is 0 Å². The fourth-order valence-electron chi connectivity index (χ4n) is 4.40. The third-order valence-electron chi connectivity index (χ3n) is 6.49. The van der Waals surface area contributed by atoms with Crippen molar-refractivity contribution < 1.29 is 14.6 Å². The number of fused-ring (bicyclic) bond motifs is 1. The summed E-state index contributed by atoms with van der Waals surface area (Å²) in [6, 6.07) is 3.68. The Hall–Kier alpha value is -1.74. The standard InChI is InChI=1S/C24H30BrClN4O3/c25-20-13-27-14-21(26)19(20)12-29-22(24(31)32)7-9-33-18-10-15(11-18)3-5-17-6-4-16-2-1-8-28-23(16)30-17/h4,6,13-15,18,22,29H,1-3,5,7-12H2,(H,28,30)(H,31,32)/t15?,18?,22-/m0/s1. The molecule has 0 saturated heterocycles. The number of pyridine rings is 2. The molecule has 0 amide bonds. The van der Waals surface area contributed by atoms with E-state index in [0.29, 0.717) is 30.5 Å². The molecule has 1 aliphatic heterocycles. The smallest absolute Gasteiger partial charge is 0.320 e. The van der Waals surface area contributed by atoms with E-state index in [-0.39, 0.29) is 6.10 Å². The minimum Gasteiger partial charge on any atom is -0.480 e. The molecule has 1 atom stereocenters. The van der Waals surface area contributed by atoms with E-state index in [0.717, 1.165) is 60.2 Å². The average Bonchev–Trinajstić information content (AvgIpc) is 2.77. The molecule has 2 aromatic heterocycles. The maximum Gasteiger partial charge on any atom is 0.320 e. The fraction of sp³-hybridized carbons (Fsp3) is 0.542. The molecule has 0 spiro atoms. The largest absolute Gasteiger partial charge is 0.480 e. The molecule has 33 heavy (non-hydrogen) atoms. The molecule has 9 heteroatoms. The molecule has 3 N–H and O–H groups in total. The molecule has 4 rings (SSSR count). The summed E-state index contributed by atoms with van der Waals surface area (Å²) in [6.07, 6.45) is 10.3. The van der Waals surface area contributed by atoms with Crippen molar-refractivity contribution in [3.8, 4) is 0 Å². The first-order chi connectivity index (χ1) is 16.0. The lowest BCUT2D eigenvalue weighted by atomic mass is 9.79. The Labute approximate surface area is 207 Å². The Morgan fingerprint density at radius 2 is 2.21 bits per heavy atom. The van der Waals surface area contributed by atoms with Gasteiger partial charge in [0.1, 0.15) is 11.9 Å². The van der Waals surface area contributed by atoms with Gasteiger partial charge in [0.05, 0.1) is 11.1 Å². The maximum atomic E-state index is 11.6. The van der Waals surface area contributed by atoms with Gasteiger partial charge in [-0.3, -0.25) is 9.78 Å². The summed E-state index contributed by atoms with van der Waals surface area (Å²) >= 11 is 9.57. The third-order valence-corrected chi connectivity index (χ3v) is 7.50. The van der Waals surface area contributed by atoms with Gasteiger partial charge in [-0.1, -0.05) is 17.7 Å². The number of carboxylic acid groups (broad SMARTS) is 1. The molecule has 0 radical (unpaired) electrons. The van der Waals surface area contributed by atoms with Crippen molar-refractivity contribution in [1.29, 1.82) is 0 Å². The van der Waals surface area contributed by atoms with Gasteiger partial charge in [-0.05, 0) is 78.4 Å². The Balaban J connectivity index is 1.14. The van der Waals surface area contributed by atoms with Gasteiger partial charge >= 0.3 is 5.97 Å². The van der Waals surface area contributed by atoms with E-state index in [2.05, 4.69) is 43.7 Å². The molecule has 1 aliphatic carbocycles. The molecule has 1 fully saturated rings. The SMILES string of the molecule is O=C(O)[C@H](CCOC1CC(CCc2ccc3c(n2)NCCC3)C1)NCc1c(Cl)cncc1Br. The van der Waals surface area contributed by atoms with Crippen molar-refractivity contribution in [1.82, 2.24) is 15.3 Å². The molecule has 0 bridgehead atoms. The van der Waals surface area contributed by atoms with Gasteiger partial charge < -0.3 is 20.5 Å². The van der Waals surface area contributed by atoms with Gasteiger partial charge in [0, 0.05) is 47.8 Å². The highest BCUT2D eigenvalue weighted by Crippen LogP contribution is 2.34. The summed E-state index contributed by atoms with van der Waals surface area (Å²) in [7, 11) is 0. The van der Waals surface area contributed by atoms with E-state index in [1.165, 1.54) is 12.0 Å². The predicted octanol–water partition coefficient (Wildman–Crippen LogP) is 4.61. The fourth-order valence-corrected chi connectivity index (χ4v) is 5.22. The minimum absolute atomic E-state index is 0.228. The molecule has 2 aliphatic rings. The highest BCUT2D eigenvalue weighted by molar-refractivity contribution is 9.10. The number of hydrogen-bond acceptors (Lipinski definition) is 6. The molecule has 3 heterocycles. The second-order valence-corrected chi connectivity index (χ2v) is 10.1. The number of ether oxygens (including phenoxy) is 1. The minimum atomic E-state index is -0.890. The Bertz CT molecular complexity index is 950. The number of nitrogens with one attached hydrogen (secondary N) is 2. The predicted molar refractivity (Wildman–Crippen MR) is 132 cm³/mol. The van der Waals surface area contributed by atoms with Crippen LogP contribution in [-0.2, 0) is 28.9 Å². The van der Waals surface area contributed by atoms with Crippen LogP contribution in [0.5, 0.6) is 0 Å². The van der Waals surface area contributed by atoms with Crippen molar-refractivity contribution in [2.24, 2.45) is 5.92 Å². The summed E-state index contributed by atoms with van der Waals surface area (Å²) in [6.45, 7) is 1.78. The van der Waals surface area contributed by atoms with Crippen LogP contribution >= 0.6 is 27.5 Å². The highest BCUT2D eigenvalue weighted by Gasteiger charge is 2.30. The van der Waals surface area contributed by atoms with E-state index < -0.39 is 12.0 Å². The summed E-state index contributed by atoms with van der Waals surface area (Å²) in [5.74, 6) is 0.826. The monoisotopic (exact) mass is 536 g/mol. The summed E-state index contributed by atoms with van der Waals surface area (Å²) in [5.41, 5.74) is 3.28. The van der Waals surface area contributed by atoms with E-state index in [4.69, 9.17) is 21.3 Å². The molecule has 178 valence electrons. The molecule has 7 nitrogen and oxygen atoms in total. The second-order valence-electron chi connectivity index (χ2n) is 8.85. The number of aryl methyl sites for hydroxylation is 2. The molecule has 2 aromatic rings. The van der Waals surface area contributed by atoms with Crippen LogP contribution in [0.4, 0.5) is 5.82 Å². The highest BCUT2D eigenvalue weighted by atomic mass is 79.9. The van der Waals surface area contributed by atoms with Gasteiger partial charge in [0.2, 0.25) is 0 Å². The molecule has 0 unspecified atom stereocenters. The average molecular weight is 538 g/mol. The van der Waals surface area contributed by atoms with Crippen LogP contribution in [0.1, 0.15) is 48.9 Å². The van der Waals surface area contributed by atoms with Crippen molar-refractivity contribution in [2.75, 3.05) is 18.5 Å². The number of halogens is 2. The number of aliphatic carboxylic acids is 1. The first-order valence-electron chi connectivity index (χ1n) is 11.6. The zero-order chi connectivity index (χ0) is 23.2. The van der Waals surface area contributed by atoms with Gasteiger partial charge in [0.15, 0.2) is 0 Å². The zero-order valence-corrected chi connectivity index (χ0v) is 20.9. The normalized spacial score (nSPS) is 20.4. The summed E-state index contributed by atoms with van der Waals surface area (Å²) in [5, 5.41) is 16.5. The van der Waals surface area contributed by atoms with E-state index in [1.54, 1.807) is 12.4 Å². The van der Waals surface area contributed by atoms with Crippen molar-refractivity contribution in [3.05, 3.63) is 50.8 Å². The van der Waals surface area contributed by atoms with Crippen LogP contribution in [-0.4, -0.2) is 46.3 Å². The number of nitrogens with zero attached hydrogens (tertiary/aromatic N) is 2. The van der Waals surface area contributed by atoms with Crippen LogP contribution in [0.2, 0.25) is 5.02 Å². The van der Waals surface area contributed by atoms with Crippen LogP contribution in [0.25, 0.3) is 0 Å². The lowest BCUT2D eigenvalue weighted by Gasteiger charge is -2.35. The number of carboxylic acids is 1. The quantitative estimate of drug-likeness (QED) is 0.385. The number of aromatic nitrogens is 2. The number of anilines is 1. The molecule has 1 saturated carbocycles. The van der Waals surface area contributed by atoms with E-state index in [9.17, 15) is 9.90 Å². The second kappa shape index (κ2) is 11.6. The van der Waals surface area contributed by atoms with Gasteiger partial charge in [-0.25, -0.2) is 4.98 Å². The Morgan fingerprint density at radius 1 is 1.36 bits per heavy atom. The Morgan fingerprint density at radius 3 is 3.00 bits per heavy atom. The summed E-state index contributed by atoms with van der Waals surface area (Å²) in [4.78, 5) is 20.4. The topological polar surface area (TPSA) is 96.4 Å². The lowest BCUT2D eigenvalue weighted by Crippen LogP contribution is -2.38. The number of carbonyl (C=O) groups is 1. The van der Waals surface area contributed by atoms with E-state index in [1.807, 2.05) is 0 Å². The zero-order valence-electron chi connectivity index (χ0n) is 18.5. The van der Waals surface area contributed by atoms with Crippen LogP contribution in [0.3, 0.4) is 0 Å². The van der Waals surface area contributed by atoms with Gasteiger partial charge in [0.25, 0.3) is 0 Å². The van der Waals surface area contributed by atoms with Crippen LogP contribution in [0, 0.1) is 5.92 Å². The van der Waals surface area contributed by atoms with Gasteiger partial charge in [-0.15, -0.1) is 0 Å². The number of hydrogen-bond donors (Lipinski definition) is 3. The van der Waals surface area contributed by atoms with Crippen molar-refractivity contribution in [2.45, 2.75) is 63.6 Å². The molecular formula is C24H30BrClN4O3. The summed E-state index contributed by atoms with van der Waals surface area (Å²) < 4.78 is 6.70. The van der Waals surface area contributed by atoms with Crippen molar-refractivity contribution >= 4 is 39.3 Å². The first-order valence-corrected chi connectivity index (χ1v) is 12.7. The van der Waals surface area contributed by atoms with Crippen LogP contribution < -0.4 is 10.6 Å². The molecular weight excluding hydrogens is 508 g/mol. The van der Waals surface area contributed by atoms with Gasteiger partial charge in [-0.2, -0.15) is 0 Å².